The number of thiophene rings is 1. The molecule has 0 atom stereocenters. The van der Waals surface area contributed by atoms with E-state index in [9.17, 15) is 9.59 Å². The third-order valence-electron chi connectivity index (χ3n) is 4.65. The van der Waals surface area contributed by atoms with Crippen LogP contribution in [-0.4, -0.2) is 25.5 Å². The standard InChI is InChI=1S/C23H19BrN2O3S2/c1-29-19-9-8-15(11-17(19)24)12-21-23(28)26(18-6-2-3-7-20(18)31-21)14-22(27)25-13-16-5-4-10-30-16/h2-12H,13-14H2,1H3,(H,25,27). The first-order valence-electron chi connectivity index (χ1n) is 9.48. The molecule has 1 aliphatic heterocycles. The molecule has 4 rings (SSSR count). The zero-order valence-electron chi connectivity index (χ0n) is 16.6. The highest BCUT2D eigenvalue weighted by Crippen LogP contribution is 2.42. The molecule has 0 saturated carbocycles. The van der Waals surface area contributed by atoms with E-state index in [2.05, 4.69) is 21.2 Å². The number of carbonyl (C=O) groups is 2. The highest BCUT2D eigenvalue weighted by atomic mass is 79.9. The lowest BCUT2D eigenvalue weighted by atomic mass is 10.2. The maximum absolute atomic E-state index is 13.3. The minimum absolute atomic E-state index is 0.0363. The maximum Gasteiger partial charge on any atom is 0.265 e. The number of ether oxygens (including phenoxy) is 1. The number of nitrogens with one attached hydrogen (secondary N) is 1. The van der Waals surface area contributed by atoms with Crippen molar-refractivity contribution in [2.24, 2.45) is 0 Å². The number of hydrogen-bond acceptors (Lipinski definition) is 5. The van der Waals surface area contributed by atoms with Crippen molar-refractivity contribution in [1.82, 2.24) is 5.32 Å². The number of nitrogens with zero attached hydrogens (tertiary/aromatic N) is 1. The molecule has 3 aromatic rings. The second-order valence-electron chi connectivity index (χ2n) is 6.72. The van der Waals surface area contributed by atoms with Crippen molar-refractivity contribution >= 4 is 62.6 Å². The molecule has 158 valence electrons. The Morgan fingerprint density at radius 2 is 2.03 bits per heavy atom. The summed E-state index contributed by atoms with van der Waals surface area (Å²) in [4.78, 5) is 30.0. The largest absolute Gasteiger partial charge is 0.496 e. The lowest BCUT2D eigenvalue weighted by Gasteiger charge is -2.29. The van der Waals surface area contributed by atoms with E-state index >= 15 is 0 Å². The normalized spacial score (nSPS) is 14.5. The molecule has 0 fully saturated rings. The molecule has 1 aromatic heterocycles. The monoisotopic (exact) mass is 514 g/mol. The smallest absolute Gasteiger partial charge is 0.265 e. The summed E-state index contributed by atoms with van der Waals surface area (Å²) >= 11 is 6.48. The van der Waals surface area contributed by atoms with E-state index in [1.807, 2.05) is 66.1 Å². The Labute approximate surface area is 197 Å². The lowest BCUT2D eigenvalue weighted by molar-refractivity contribution is -0.122. The van der Waals surface area contributed by atoms with E-state index in [0.717, 1.165) is 31.2 Å². The van der Waals surface area contributed by atoms with Crippen LogP contribution in [0.15, 0.2) is 74.3 Å². The summed E-state index contributed by atoms with van der Waals surface area (Å²) < 4.78 is 6.08. The minimum Gasteiger partial charge on any atom is -0.496 e. The molecule has 0 unspecified atom stereocenters. The van der Waals surface area contributed by atoms with Crippen LogP contribution in [0.4, 0.5) is 5.69 Å². The average molecular weight is 515 g/mol. The topological polar surface area (TPSA) is 58.6 Å². The number of fused-ring (bicyclic) bond motifs is 1. The molecule has 1 aliphatic rings. The predicted octanol–water partition coefficient (Wildman–Crippen LogP) is 5.32. The summed E-state index contributed by atoms with van der Waals surface area (Å²) in [5.41, 5.74) is 1.61. The number of para-hydroxylation sites is 1. The van der Waals surface area contributed by atoms with Crippen LogP contribution in [0.3, 0.4) is 0 Å². The molecule has 0 aliphatic carbocycles. The third kappa shape index (κ3) is 5.03. The molecule has 0 saturated heterocycles. The van der Waals surface area contributed by atoms with E-state index in [0.29, 0.717) is 11.4 Å². The molecule has 0 bridgehead atoms. The van der Waals surface area contributed by atoms with E-state index in [1.165, 1.54) is 11.8 Å². The lowest BCUT2D eigenvalue weighted by Crippen LogP contribution is -2.42. The molecule has 8 heteroatoms. The van der Waals surface area contributed by atoms with Gasteiger partial charge >= 0.3 is 0 Å². The van der Waals surface area contributed by atoms with Gasteiger partial charge in [-0.05, 0) is 63.3 Å². The molecule has 2 aromatic carbocycles. The molecular weight excluding hydrogens is 496 g/mol. The Balaban J connectivity index is 1.58. The Morgan fingerprint density at radius 3 is 2.77 bits per heavy atom. The number of anilines is 1. The van der Waals surface area contributed by atoms with Crippen molar-refractivity contribution in [2.45, 2.75) is 11.4 Å². The number of methoxy groups -OCH3 is 1. The Bertz CT molecular complexity index is 1150. The van der Waals surface area contributed by atoms with Gasteiger partial charge in [0.05, 0.1) is 28.7 Å². The minimum atomic E-state index is -0.199. The van der Waals surface area contributed by atoms with Gasteiger partial charge in [-0.3, -0.25) is 14.5 Å². The number of rotatable bonds is 6. The molecule has 0 spiro atoms. The molecule has 1 N–H and O–H groups in total. The number of hydrogen-bond donors (Lipinski definition) is 1. The first-order valence-corrected chi connectivity index (χ1v) is 12.0. The van der Waals surface area contributed by atoms with Crippen LogP contribution in [0.5, 0.6) is 5.75 Å². The Kier molecular flexibility index (Phi) is 6.80. The van der Waals surface area contributed by atoms with Crippen molar-refractivity contribution in [1.29, 1.82) is 0 Å². The van der Waals surface area contributed by atoms with Crippen molar-refractivity contribution in [3.63, 3.8) is 0 Å². The van der Waals surface area contributed by atoms with Crippen LogP contribution in [-0.2, 0) is 16.1 Å². The fourth-order valence-electron chi connectivity index (χ4n) is 3.14. The van der Waals surface area contributed by atoms with Crippen molar-refractivity contribution in [3.8, 4) is 5.75 Å². The summed E-state index contributed by atoms with van der Waals surface area (Å²) in [7, 11) is 1.61. The van der Waals surface area contributed by atoms with Gasteiger partial charge in [0, 0.05) is 9.77 Å². The first-order chi connectivity index (χ1) is 15.0. The number of halogens is 1. The number of thioether (sulfide) groups is 1. The van der Waals surface area contributed by atoms with Crippen LogP contribution in [0, 0.1) is 0 Å². The highest BCUT2D eigenvalue weighted by Gasteiger charge is 2.30. The highest BCUT2D eigenvalue weighted by molar-refractivity contribution is 9.10. The summed E-state index contributed by atoms with van der Waals surface area (Å²) in [5.74, 6) is 0.330. The number of carbonyl (C=O) groups excluding carboxylic acids is 2. The second kappa shape index (κ2) is 9.72. The van der Waals surface area contributed by atoms with Gasteiger partial charge < -0.3 is 10.1 Å². The predicted molar refractivity (Wildman–Crippen MR) is 129 cm³/mol. The van der Waals surface area contributed by atoms with Gasteiger partial charge in [-0.15, -0.1) is 11.3 Å². The van der Waals surface area contributed by atoms with Crippen LogP contribution >= 0.6 is 39.0 Å². The quantitative estimate of drug-likeness (QED) is 0.452. The summed E-state index contributed by atoms with van der Waals surface area (Å²) in [6.07, 6.45) is 1.84. The van der Waals surface area contributed by atoms with E-state index in [4.69, 9.17) is 4.74 Å². The van der Waals surface area contributed by atoms with Crippen LogP contribution < -0.4 is 15.0 Å². The van der Waals surface area contributed by atoms with Crippen molar-refractivity contribution in [3.05, 3.63) is 79.8 Å². The van der Waals surface area contributed by atoms with Crippen LogP contribution in [0.25, 0.3) is 6.08 Å². The summed E-state index contributed by atoms with van der Waals surface area (Å²) in [5, 5.41) is 4.87. The fourth-order valence-corrected chi connectivity index (χ4v) is 5.40. The third-order valence-corrected chi connectivity index (χ3v) is 7.22. The maximum atomic E-state index is 13.3. The van der Waals surface area contributed by atoms with Crippen molar-refractivity contribution < 1.29 is 14.3 Å². The van der Waals surface area contributed by atoms with E-state index in [1.54, 1.807) is 23.3 Å². The zero-order valence-corrected chi connectivity index (χ0v) is 19.9. The number of benzene rings is 2. The second-order valence-corrected chi connectivity index (χ2v) is 9.69. The van der Waals surface area contributed by atoms with Gasteiger partial charge in [0.15, 0.2) is 0 Å². The summed E-state index contributed by atoms with van der Waals surface area (Å²) in [6, 6.07) is 17.2. The Morgan fingerprint density at radius 1 is 1.19 bits per heavy atom. The van der Waals surface area contributed by atoms with E-state index < -0.39 is 0 Å². The van der Waals surface area contributed by atoms with Gasteiger partial charge in [-0.2, -0.15) is 0 Å². The molecular formula is C23H19BrN2O3S2. The Hall–Kier alpha value is -2.55. The molecule has 2 amide bonds. The van der Waals surface area contributed by atoms with Gasteiger partial charge in [-0.25, -0.2) is 0 Å². The molecule has 2 heterocycles. The molecule has 5 nitrogen and oxygen atoms in total. The van der Waals surface area contributed by atoms with Gasteiger partial charge in [0.2, 0.25) is 5.91 Å². The van der Waals surface area contributed by atoms with Gasteiger partial charge in [0.1, 0.15) is 12.3 Å². The summed E-state index contributed by atoms with van der Waals surface area (Å²) in [6.45, 7) is 0.420. The van der Waals surface area contributed by atoms with Crippen molar-refractivity contribution in [2.75, 3.05) is 18.6 Å². The van der Waals surface area contributed by atoms with Crippen LogP contribution in [0.1, 0.15) is 10.4 Å². The van der Waals surface area contributed by atoms with Gasteiger partial charge in [-0.1, -0.05) is 36.0 Å². The zero-order chi connectivity index (χ0) is 21.8. The van der Waals surface area contributed by atoms with E-state index in [-0.39, 0.29) is 18.4 Å². The molecule has 31 heavy (non-hydrogen) atoms. The molecule has 0 radical (unpaired) electrons. The number of amides is 2. The van der Waals surface area contributed by atoms with Gasteiger partial charge in [0.25, 0.3) is 5.91 Å². The SMILES string of the molecule is COc1ccc(C=C2Sc3ccccc3N(CC(=O)NCc3cccs3)C2=O)cc1Br. The first kappa shape index (κ1) is 21.7. The average Bonchev–Trinajstić information content (AvgIpc) is 3.29. The fraction of sp³-hybridized carbons (Fsp3) is 0.130. The van der Waals surface area contributed by atoms with Crippen LogP contribution in [0.2, 0.25) is 0 Å².